The van der Waals surface area contributed by atoms with Crippen molar-refractivity contribution in [3.8, 4) is 17.0 Å². The van der Waals surface area contributed by atoms with Crippen LogP contribution in [0.1, 0.15) is 12.5 Å². The molecule has 0 unspecified atom stereocenters. The molecule has 2 aromatic carbocycles. The highest BCUT2D eigenvalue weighted by Crippen LogP contribution is 2.23. The van der Waals surface area contributed by atoms with Crippen LogP contribution in [0.3, 0.4) is 0 Å². The summed E-state index contributed by atoms with van der Waals surface area (Å²) in [6.45, 7) is 4.10. The van der Waals surface area contributed by atoms with E-state index in [1.807, 2.05) is 44.2 Å². The van der Waals surface area contributed by atoms with Gasteiger partial charge in [0.2, 0.25) is 5.91 Å². The molecule has 0 aliphatic heterocycles. The molecule has 7 heteroatoms. The molecule has 0 saturated carbocycles. The van der Waals surface area contributed by atoms with E-state index in [4.69, 9.17) is 4.74 Å². The number of benzene rings is 2. The van der Waals surface area contributed by atoms with Crippen molar-refractivity contribution in [1.82, 2.24) is 14.8 Å². The monoisotopic (exact) mass is 364 g/mol. The van der Waals surface area contributed by atoms with Crippen LogP contribution in [0, 0.1) is 6.92 Å². The summed E-state index contributed by atoms with van der Waals surface area (Å²) in [5.41, 5.74) is 2.35. The van der Waals surface area contributed by atoms with Gasteiger partial charge in [0, 0.05) is 5.56 Å². The summed E-state index contributed by atoms with van der Waals surface area (Å²) >= 11 is 0. The molecular weight excluding hydrogens is 344 g/mol. The van der Waals surface area contributed by atoms with Gasteiger partial charge in [-0.05, 0) is 26.0 Å². The molecule has 0 aliphatic rings. The van der Waals surface area contributed by atoms with Crippen molar-refractivity contribution in [2.24, 2.45) is 0 Å². The lowest BCUT2D eigenvalue weighted by molar-refractivity contribution is -0.117. The predicted molar refractivity (Wildman–Crippen MR) is 103 cm³/mol. The van der Waals surface area contributed by atoms with Crippen LogP contribution in [0.25, 0.3) is 11.3 Å². The third-order valence-corrected chi connectivity index (χ3v) is 3.86. The van der Waals surface area contributed by atoms with E-state index in [2.05, 4.69) is 15.4 Å². The molecule has 0 aliphatic carbocycles. The maximum Gasteiger partial charge on any atom is 0.365 e. The lowest BCUT2D eigenvalue weighted by atomic mass is 10.1. The molecule has 0 spiro atoms. The van der Waals surface area contributed by atoms with E-state index in [1.54, 1.807) is 18.2 Å². The molecule has 0 saturated heterocycles. The highest BCUT2D eigenvalue weighted by Gasteiger charge is 2.11. The number of hydrogen-bond acceptors (Lipinski definition) is 5. The molecule has 0 atom stereocenters. The Hall–Kier alpha value is -3.48. The van der Waals surface area contributed by atoms with Crippen molar-refractivity contribution in [2.75, 3.05) is 11.9 Å². The van der Waals surface area contributed by atoms with Crippen LogP contribution in [0.4, 0.5) is 5.69 Å². The van der Waals surface area contributed by atoms with Crippen LogP contribution < -0.4 is 15.7 Å². The molecule has 0 radical (unpaired) electrons. The Morgan fingerprint density at radius 1 is 1.15 bits per heavy atom. The summed E-state index contributed by atoms with van der Waals surface area (Å²) in [6.07, 6.45) is 1.48. The number of ether oxygens (including phenoxy) is 1. The van der Waals surface area contributed by atoms with E-state index in [1.165, 1.54) is 6.20 Å². The summed E-state index contributed by atoms with van der Waals surface area (Å²) in [5.74, 6) is 0.183. The van der Waals surface area contributed by atoms with Crippen LogP contribution in [-0.4, -0.2) is 27.3 Å². The van der Waals surface area contributed by atoms with E-state index < -0.39 is 5.69 Å². The molecule has 1 N–H and O–H groups in total. The maximum atomic E-state index is 12.3. The molecule has 3 rings (SSSR count). The van der Waals surface area contributed by atoms with Gasteiger partial charge in [-0.15, -0.1) is 0 Å². The number of nitrogens with one attached hydrogen (secondary N) is 1. The molecule has 0 bridgehead atoms. The fourth-order valence-electron chi connectivity index (χ4n) is 2.51. The second kappa shape index (κ2) is 8.27. The Morgan fingerprint density at radius 2 is 1.89 bits per heavy atom. The zero-order valence-electron chi connectivity index (χ0n) is 15.2. The molecule has 1 amide bonds. The summed E-state index contributed by atoms with van der Waals surface area (Å²) < 4.78 is 6.50. The van der Waals surface area contributed by atoms with Crippen molar-refractivity contribution in [2.45, 2.75) is 20.4 Å². The zero-order valence-corrected chi connectivity index (χ0v) is 15.2. The maximum absolute atomic E-state index is 12.3. The van der Waals surface area contributed by atoms with E-state index >= 15 is 0 Å². The summed E-state index contributed by atoms with van der Waals surface area (Å²) in [5, 5.41) is 6.80. The van der Waals surface area contributed by atoms with Gasteiger partial charge in [0.25, 0.3) is 0 Å². The number of anilines is 1. The third kappa shape index (κ3) is 4.58. The van der Waals surface area contributed by atoms with Crippen molar-refractivity contribution < 1.29 is 9.53 Å². The van der Waals surface area contributed by atoms with Crippen molar-refractivity contribution in [1.29, 1.82) is 0 Å². The highest BCUT2D eigenvalue weighted by atomic mass is 16.5. The topological polar surface area (TPSA) is 86.1 Å². The van der Waals surface area contributed by atoms with E-state index in [0.717, 1.165) is 15.8 Å². The number of carbonyl (C=O) groups excluding carboxylic acids is 1. The normalized spacial score (nSPS) is 10.4. The van der Waals surface area contributed by atoms with Gasteiger partial charge >= 0.3 is 5.69 Å². The average Bonchev–Trinajstić information content (AvgIpc) is 2.66. The lowest BCUT2D eigenvalue weighted by Gasteiger charge is -2.11. The summed E-state index contributed by atoms with van der Waals surface area (Å²) in [6, 6.07) is 14.7. The number of nitrogens with zero attached hydrogens (tertiary/aromatic N) is 3. The zero-order chi connectivity index (χ0) is 19.2. The molecular formula is C20H20N4O3. The Bertz CT molecular complexity index is 997. The Morgan fingerprint density at radius 3 is 2.59 bits per heavy atom. The van der Waals surface area contributed by atoms with Gasteiger partial charge in [-0.25, -0.2) is 9.48 Å². The fraction of sp³-hybridized carbons (Fsp3) is 0.200. The van der Waals surface area contributed by atoms with Crippen LogP contribution in [0.15, 0.2) is 59.5 Å². The molecule has 3 aromatic rings. The predicted octanol–water partition coefficient (Wildman–Crippen LogP) is 2.65. The van der Waals surface area contributed by atoms with Gasteiger partial charge in [-0.3, -0.25) is 4.79 Å². The fourth-order valence-corrected chi connectivity index (χ4v) is 2.51. The molecule has 1 aromatic heterocycles. The third-order valence-electron chi connectivity index (χ3n) is 3.86. The minimum Gasteiger partial charge on any atom is -0.492 e. The Labute approximate surface area is 156 Å². The number of aromatic nitrogens is 3. The van der Waals surface area contributed by atoms with Crippen molar-refractivity contribution in [3.05, 3.63) is 70.8 Å². The standard InChI is InChI=1S/C20H20N4O3/c1-3-27-18-7-5-4-6-16(18)22-19(25)13-24-20(26)23-17(12-21-24)15-10-8-14(2)9-11-15/h4-12H,3,13H2,1-2H3,(H,22,25). The van der Waals surface area contributed by atoms with Crippen molar-refractivity contribution in [3.63, 3.8) is 0 Å². The first-order chi connectivity index (χ1) is 13.1. The first-order valence-corrected chi connectivity index (χ1v) is 8.59. The van der Waals surface area contributed by atoms with Crippen molar-refractivity contribution >= 4 is 11.6 Å². The summed E-state index contributed by atoms with van der Waals surface area (Å²) in [4.78, 5) is 28.5. The minimum atomic E-state index is -0.582. The second-order valence-electron chi connectivity index (χ2n) is 5.93. The second-order valence-corrected chi connectivity index (χ2v) is 5.93. The number of carbonyl (C=O) groups is 1. The average molecular weight is 364 g/mol. The summed E-state index contributed by atoms with van der Waals surface area (Å²) in [7, 11) is 0. The van der Waals surface area contributed by atoms with Crippen LogP contribution in [0.5, 0.6) is 5.75 Å². The van der Waals surface area contributed by atoms with Gasteiger partial charge in [0.1, 0.15) is 12.3 Å². The molecule has 7 nitrogen and oxygen atoms in total. The van der Waals surface area contributed by atoms with Gasteiger partial charge in [-0.2, -0.15) is 10.1 Å². The van der Waals surface area contributed by atoms with Gasteiger partial charge < -0.3 is 10.1 Å². The number of amides is 1. The smallest absolute Gasteiger partial charge is 0.365 e. The van der Waals surface area contributed by atoms with Crippen LogP contribution >= 0.6 is 0 Å². The number of para-hydroxylation sites is 2. The van der Waals surface area contributed by atoms with Gasteiger partial charge in [0.05, 0.1) is 24.2 Å². The van der Waals surface area contributed by atoms with Crippen LogP contribution in [0.2, 0.25) is 0 Å². The molecule has 27 heavy (non-hydrogen) atoms. The Balaban J connectivity index is 1.73. The SMILES string of the molecule is CCOc1ccccc1NC(=O)Cn1ncc(-c2ccc(C)cc2)nc1=O. The number of aryl methyl sites for hydroxylation is 1. The first-order valence-electron chi connectivity index (χ1n) is 8.59. The van der Waals surface area contributed by atoms with E-state index in [-0.39, 0.29) is 12.5 Å². The number of rotatable bonds is 6. The van der Waals surface area contributed by atoms with E-state index in [9.17, 15) is 9.59 Å². The molecule has 0 fully saturated rings. The van der Waals surface area contributed by atoms with Gasteiger partial charge in [-0.1, -0.05) is 42.0 Å². The van der Waals surface area contributed by atoms with E-state index in [0.29, 0.717) is 23.7 Å². The molecule has 138 valence electrons. The number of hydrogen-bond donors (Lipinski definition) is 1. The highest BCUT2D eigenvalue weighted by molar-refractivity contribution is 5.92. The largest absolute Gasteiger partial charge is 0.492 e. The first kappa shape index (κ1) is 18.3. The minimum absolute atomic E-state index is 0.236. The molecule has 1 heterocycles. The lowest BCUT2D eigenvalue weighted by Crippen LogP contribution is -2.31. The van der Waals surface area contributed by atoms with Gasteiger partial charge in [0.15, 0.2) is 0 Å². The quantitative estimate of drug-likeness (QED) is 0.727. The van der Waals surface area contributed by atoms with Crippen LogP contribution in [-0.2, 0) is 11.3 Å². The Kier molecular flexibility index (Phi) is 5.61.